The lowest BCUT2D eigenvalue weighted by molar-refractivity contribution is -0.121. The van der Waals surface area contributed by atoms with Crippen molar-refractivity contribution in [2.45, 2.75) is 51.0 Å². The van der Waals surface area contributed by atoms with E-state index in [9.17, 15) is 4.79 Å². The van der Waals surface area contributed by atoms with Crippen molar-refractivity contribution in [3.05, 3.63) is 18.0 Å². The molecule has 0 spiro atoms. The number of hydrogen-bond donors (Lipinski definition) is 1. The zero-order valence-corrected chi connectivity index (χ0v) is 15.1. The smallest absolute Gasteiger partial charge is 0.220 e. The van der Waals surface area contributed by atoms with Gasteiger partial charge in [-0.25, -0.2) is 0 Å². The van der Waals surface area contributed by atoms with Crippen LogP contribution >= 0.6 is 0 Å². The van der Waals surface area contributed by atoms with Crippen LogP contribution < -0.4 is 10.2 Å². The Morgan fingerprint density at radius 1 is 1.19 bits per heavy atom. The monoisotopic (exact) mass is 358 g/mol. The molecule has 0 saturated carbocycles. The largest absolute Gasteiger partial charge is 0.376 e. The van der Waals surface area contributed by atoms with E-state index < -0.39 is 0 Å². The van der Waals surface area contributed by atoms with E-state index in [0.29, 0.717) is 19.4 Å². The number of carbonyl (C=O) groups is 1. The molecule has 1 amide bonds. The molecule has 8 nitrogen and oxygen atoms in total. The van der Waals surface area contributed by atoms with Gasteiger partial charge in [-0.15, -0.1) is 15.3 Å². The SMILES string of the molecule is O=C(CCc1nnc2ccc(N3CCCCC3)nn12)NC[C@@H]1CCCO1. The highest BCUT2D eigenvalue weighted by Crippen LogP contribution is 2.18. The highest BCUT2D eigenvalue weighted by atomic mass is 16.5. The van der Waals surface area contributed by atoms with E-state index in [0.717, 1.165) is 49.8 Å². The maximum absolute atomic E-state index is 12.1. The average molecular weight is 358 g/mol. The van der Waals surface area contributed by atoms with Crippen LogP contribution in [0.3, 0.4) is 0 Å². The summed E-state index contributed by atoms with van der Waals surface area (Å²) in [6.45, 7) is 3.48. The Balaban J connectivity index is 1.37. The zero-order chi connectivity index (χ0) is 17.8. The molecule has 0 bridgehead atoms. The Morgan fingerprint density at radius 2 is 2.08 bits per heavy atom. The number of piperidine rings is 1. The number of nitrogens with one attached hydrogen (secondary N) is 1. The van der Waals surface area contributed by atoms with Crippen molar-refractivity contribution in [2.75, 3.05) is 31.1 Å². The third-order valence-electron chi connectivity index (χ3n) is 5.12. The first-order valence-electron chi connectivity index (χ1n) is 9.64. The van der Waals surface area contributed by atoms with Crippen molar-refractivity contribution in [1.29, 1.82) is 0 Å². The molecule has 2 saturated heterocycles. The van der Waals surface area contributed by atoms with Crippen LogP contribution in [0, 0.1) is 0 Å². The van der Waals surface area contributed by atoms with E-state index in [-0.39, 0.29) is 12.0 Å². The molecular weight excluding hydrogens is 332 g/mol. The van der Waals surface area contributed by atoms with Crippen LogP contribution in [0.2, 0.25) is 0 Å². The van der Waals surface area contributed by atoms with Crippen LogP contribution in [0.4, 0.5) is 5.82 Å². The minimum atomic E-state index is 0.0180. The zero-order valence-electron chi connectivity index (χ0n) is 15.1. The topological polar surface area (TPSA) is 84.7 Å². The lowest BCUT2D eigenvalue weighted by Crippen LogP contribution is -2.32. The van der Waals surface area contributed by atoms with Crippen molar-refractivity contribution in [3.63, 3.8) is 0 Å². The normalized spacial score (nSPS) is 20.6. The summed E-state index contributed by atoms with van der Waals surface area (Å²) in [5.41, 5.74) is 0.723. The fourth-order valence-electron chi connectivity index (χ4n) is 3.62. The molecule has 0 radical (unpaired) electrons. The molecule has 2 aliphatic rings. The first kappa shape index (κ1) is 17.2. The Kier molecular flexibility index (Phi) is 5.29. The fraction of sp³-hybridized carbons (Fsp3) is 0.667. The van der Waals surface area contributed by atoms with Crippen LogP contribution in [0.5, 0.6) is 0 Å². The van der Waals surface area contributed by atoms with Crippen LogP contribution in [0.15, 0.2) is 12.1 Å². The number of carbonyl (C=O) groups excluding carboxylic acids is 1. The molecule has 0 unspecified atom stereocenters. The maximum Gasteiger partial charge on any atom is 0.220 e. The number of amides is 1. The van der Waals surface area contributed by atoms with Gasteiger partial charge in [0.25, 0.3) is 0 Å². The second-order valence-corrected chi connectivity index (χ2v) is 7.06. The molecule has 2 aliphatic heterocycles. The number of rotatable bonds is 6. The van der Waals surface area contributed by atoms with Crippen molar-refractivity contribution in [2.24, 2.45) is 0 Å². The van der Waals surface area contributed by atoms with Crippen molar-refractivity contribution >= 4 is 17.4 Å². The van der Waals surface area contributed by atoms with Gasteiger partial charge in [-0.05, 0) is 44.2 Å². The molecule has 0 aliphatic carbocycles. The van der Waals surface area contributed by atoms with Gasteiger partial charge in [0.2, 0.25) is 5.91 Å². The minimum absolute atomic E-state index is 0.0180. The van der Waals surface area contributed by atoms with Gasteiger partial charge in [-0.2, -0.15) is 4.52 Å². The van der Waals surface area contributed by atoms with Crippen LogP contribution in [-0.2, 0) is 16.0 Å². The summed E-state index contributed by atoms with van der Waals surface area (Å²) < 4.78 is 7.30. The highest BCUT2D eigenvalue weighted by molar-refractivity contribution is 5.76. The van der Waals surface area contributed by atoms with Crippen molar-refractivity contribution in [3.8, 4) is 0 Å². The van der Waals surface area contributed by atoms with E-state index in [1.807, 2.05) is 12.1 Å². The summed E-state index contributed by atoms with van der Waals surface area (Å²) in [6, 6.07) is 3.96. The molecule has 1 N–H and O–H groups in total. The predicted molar refractivity (Wildman–Crippen MR) is 97.2 cm³/mol. The first-order valence-corrected chi connectivity index (χ1v) is 9.64. The number of fused-ring (bicyclic) bond motifs is 1. The van der Waals surface area contributed by atoms with Crippen molar-refractivity contribution in [1.82, 2.24) is 25.1 Å². The summed E-state index contributed by atoms with van der Waals surface area (Å²) in [5.74, 6) is 1.71. The van der Waals surface area contributed by atoms with Gasteiger partial charge in [-0.1, -0.05) is 0 Å². The van der Waals surface area contributed by atoms with Gasteiger partial charge >= 0.3 is 0 Å². The fourth-order valence-corrected chi connectivity index (χ4v) is 3.62. The van der Waals surface area contributed by atoms with E-state index in [2.05, 4.69) is 20.4 Å². The van der Waals surface area contributed by atoms with Crippen LogP contribution in [-0.4, -0.2) is 58.1 Å². The summed E-state index contributed by atoms with van der Waals surface area (Å²) in [7, 11) is 0. The highest BCUT2D eigenvalue weighted by Gasteiger charge is 2.17. The van der Waals surface area contributed by atoms with Gasteiger partial charge in [-0.3, -0.25) is 4.79 Å². The third-order valence-corrected chi connectivity index (χ3v) is 5.12. The average Bonchev–Trinajstić information content (AvgIpc) is 3.35. The van der Waals surface area contributed by atoms with E-state index in [1.54, 1.807) is 4.52 Å². The van der Waals surface area contributed by atoms with Crippen LogP contribution in [0.1, 0.15) is 44.3 Å². The number of nitrogens with zero attached hydrogens (tertiary/aromatic N) is 5. The quantitative estimate of drug-likeness (QED) is 0.839. The minimum Gasteiger partial charge on any atom is -0.376 e. The van der Waals surface area contributed by atoms with Crippen LogP contribution in [0.25, 0.3) is 5.65 Å². The molecular formula is C18H26N6O2. The number of aromatic nitrogens is 4. The first-order chi connectivity index (χ1) is 12.8. The summed E-state index contributed by atoms with van der Waals surface area (Å²) >= 11 is 0. The molecule has 0 aromatic carbocycles. The van der Waals surface area contributed by atoms with E-state index in [1.165, 1.54) is 19.3 Å². The van der Waals surface area contributed by atoms with E-state index >= 15 is 0 Å². The molecule has 26 heavy (non-hydrogen) atoms. The lowest BCUT2D eigenvalue weighted by atomic mass is 10.1. The summed E-state index contributed by atoms with van der Waals surface area (Å²) in [6.07, 6.45) is 6.88. The number of ether oxygens (including phenoxy) is 1. The Morgan fingerprint density at radius 3 is 2.88 bits per heavy atom. The summed E-state index contributed by atoms with van der Waals surface area (Å²) in [5, 5.41) is 16.1. The molecule has 1 atom stereocenters. The van der Waals surface area contributed by atoms with Gasteiger partial charge in [0.15, 0.2) is 11.5 Å². The molecule has 140 valence electrons. The number of aryl methyl sites for hydroxylation is 1. The molecule has 2 aromatic heterocycles. The Hall–Kier alpha value is -2.22. The standard InChI is InChI=1S/C18H26N6O2/c25-18(19-13-14-5-4-12-26-14)9-8-16-21-20-15-6-7-17(22-24(15)16)23-10-2-1-3-11-23/h6-7,14H,1-5,8-13H2,(H,19,25)/t14-/m0/s1. The second kappa shape index (κ2) is 7.99. The molecule has 8 heteroatoms. The third kappa shape index (κ3) is 3.95. The summed E-state index contributed by atoms with van der Waals surface area (Å²) in [4.78, 5) is 14.4. The molecule has 2 aromatic rings. The van der Waals surface area contributed by atoms with Gasteiger partial charge in [0, 0.05) is 39.1 Å². The van der Waals surface area contributed by atoms with Gasteiger partial charge in [0.05, 0.1) is 6.10 Å². The van der Waals surface area contributed by atoms with E-state index in [4.69, 9.17) is 9.84 Å². The number of hydrogen-bond acceptors (Lipinski definition) is 6. The van der Waals surface area contributed by atoms with Gasteiger partial charge in [0.1, 0.15) is 5.82 Å². The maximum atomic E-state index is 12.1. The second-order valence-electron chi connectivity index (χ2n) is 7.06. The van der Waals surface area contributed by atoms with Crippen molar-refractivity contribution < 1.29 is 9.53 Å². The number of anilines is 1. The Bertz CT molecular complexity index is 749. The lowest BCUT2D eigenvalue weighted by Gasteiger charge is -2.27. The molecule has 4 rings (SSSR count). The Labute approximate surface area is 152 Å². The molecule has 4 heterocycles. The van der Waals surface area contributed by atoms with Gasteiger partial charge < -0.3 is 15.0 Å². The predicted octanol–water partition coefficient (Wildman–Crippen LogP) is 1.34. The molecule has 2 fully saturated rings.